The first-order valence-corrected chi connectivity index (χ1v) is 4.98. The average Bonchev–Trinajstić information content (AvgIpc) is 2.27. The Balaban J connectivity index is 2.21. The summed E-state index contributed by atoms with van der Waals surface area (Å²) in [4.78, 5) is 11.6. The van der Waals surface area contributed by atoms with Crippen molar-refractivity contribution in [1.29, 1.82) is 0 Å². The third kappa shape index (κ3) is 2.88. The molecule has 0 saturated carbocycles. The summed E-state index contributed by atoms with van der Waals surface area (Å²) in [6, 6.07) is 7.18. The Kier molecular flexibility index (Phi) is 3.32. The van der Waals surface area contributed by atoms with Gasteiger partial charge in [0.05, 0.1) is 5.56 Å². The molecule has 18 heavy (non-hydrogen) atoms. The van der Waals surface area contributed by atoms with Gasteiger partial charge in [0, 0.05) is 18.2 Å². The smallest absolute Gasteiger partial charge is 0.343 e. The molecule has 0 radical (unpaired) electrons. The lowest BCUT2D eigenvalue weighted by atomic mass is 10.2. The molecular weight excluding hydrogens is 245 g/mol. The highest BCUT2D eigenvalue weighted by Crippen LogP contribution is 2.17. The van der Waals surface area contributed by atoms with E-state index in [4.69, 9.17) is 4.74 Å². The number of carbonyl (C=O) groups excluding carboxylic acids is 1. The van der Waals surface area contributed by atoms with Crippen molar-refractivity contribution in [2.45, 2.75) is 0 Å². The third-order valence-corrected chi connectivity index (χ3v) is 2.11. The van der Waals surface area contributed by atoms with Crippen molar-refractivity contribution >= 4 is 5.97 Å². The number of ether oxygens (including phenoxy) is 1. The van der Waals surface area contributed by atoms with Gasteiger partial charge in [0.25, 0.3) is 0 Å². The zero-order valence-electron chi connectivity index (χ0n) is 8.99. The maximum Gasteiger partial charge on any atom is 0.343 e. The first-order chi connectivity index (χ1) is 8.54. The van der Waals surface area contributed by atoms with Gasteiger partial charge < -0.3 is 4.74 Å². The van der Waals surface area contributed by atoms with E-state index in [0.29, 0.717) is 6.07 Å². The summed E-state index contributed by atoms with van der Waals surface area (Å²) in [5, 5.41) is 0. The predicted octanol–water partition coefficient (Wildman–Crippen LogP) is 3.32. The van der Waals surface area contributed by atoms with Gasteiger partial charge in [-0.25, -0.2) is 18.0 Å². The van der Waals surface area contributed by atoms with E-state index in [2.05, 4.69) is 0 Å². The van der Waals surface area contributed by atoms with E-state index in [1.807, 2.05) is 0 Å². The van der Waals surface area contributed by atoms with Crippen LogP contribution < -0.4 is 4.74 Å². The number of esters is 1. The Morgan fingerprint density at radius 2 is 1.56 bits per heavy atom. The van der Waals surface area contributed by atoms with E-state index >= 15 is 0 Å². The Bertz CT molecular complexity index is 576. The maximum atomic E-state index is 12.9. The van der Waals surface area contributed by atoms with Gasteiger partial charge in [-0.3, -0.25) is 0 Å². The molecule has 0 amide bonds. The molecule has 0 aliphatic rings. The van der Waals surface area contributed by atoms with Gasteiger partial charge in [0.15, 0.2) is 0 Å². The fourth-order valence-corrected chi connectivity index (χ4v) is 1.37. The quantitative estimate of drug-likeness (QED) is 0.605. The second-order valence-electron chi connectivity index (χ2n) is 3.51. The highest BCUT2D eigenvalue weighted by atomic mass is 19.1. The minimum Gasteiger partial charge on any atom is -0.423 e. The topological polar surface area (TPSA) is 26.3 Å². The molecule has 2 aromatic rings. The molecule has 0 N–H and O–H groups in total. The Morgan fingerprint density at radius 1 is 0.889 bits per heavy atom. The molecule has 2 rings (SSSR count). The Morgan fingerprint density at radius 3 is 2.17 bits per heavy atom. The molecule has 0 aromatic heterocycles. The number of benzene rings is 2. The summed E-state index contributed by atoms with van der Waals surface area (Å²) in [7, 11) is 0. The Hall–Kier alpha value is -2.30. The fraction of sp³-hybridized carbons (Fsp3) is 0. The first-order valence-electron chi connectivity index (χ1n) is 4.98. The highest BCUT2D eigenvalue weighted by molar-refractivity contribution is 5.90. The van der Waals surface area contributed by atoms with Crippen LogP contribution >= 0.6 is 0 Å². The van der Waals surface area contributed by atoms with Gasteiger partial charge >= 0.3 is 5.97 Å². The maximum absolute atomic E-state index is 12.9. The molecule has 2 aromatic carbocycles. The van der Waals surface area contributed by atoms with Crippen molar-refractivity contribution in [2.24, 2.45) is 0 Å². The zero-order chi connectivity index (χ0) is 13.1. The van der Waals surface area contributed by atoms with Crippen LogP contribution in [0.25, 0.3) is 0 Å². The summed E-state index contributed by atoms with van der Waals surface area (Å²) in [5.74, 6) is -3.50. The molecule has 2 nitrogen and oxygen atoms in total. The number of halogens is 3. The van der Waals surface area contributed by atoms with Crippen molar-refractivity contribution < 1.29 is 22.7 Å². The van der Waals surface area contributed by atoms with Crippen LogP contribution in [0.15, 0.2) is 42.5 Å². The van der Waals surface area contributed by atoms with Gasteiger partial charge in [-0.1, -0.05) is 6.07 Å². The van der Waals surface area contributed by atoms with E-state index in [9.17, 15) is 18.0 Å². The van der Waals surface area contributed by atoms with E-state index < -0.39 is 23.4 Å². The van der Waals surface area contributed by atoms with E-state index in [-0.39, 0.29) is 11.3 Å². The van der Waals surface area contributed by atoms with Crippen molar-refractivity contribution in [2.75, 3.05) is 0 Å². The second kappa shape index (κ2) is 4.91. The van der Waals surface area contributed by atoms with Crippen molar-refractivity contribution in [1.82, 2.24) is 0 Å². The lowest BCUT2D eigenvalue weighted by Gasteiger charge is -2.04. The molecule has 0 bridgehead atoms. The molecule has 0 fully saturated rings. The van der Waals surface area contributed by atoms with Crippen LogP contribution in [0.4, 0.5) is 13.2 Å². The standard InChI is InChI=1S/C13H7F3O2/c14-9-3-1-2-8(4-9)13(17)18-12-6-10(15)5-11(16)7-12/h1-7H. The average molecular weight is 252 g/mol. The lowest BCUT2D eigenvalue weighted by Crippen LogP contribution is -2.09. The van der Waals surface area contributed by atoms with Gasteiger partial charge in [0.2, 0.25) is 0 Å². The Labute approximate surface area is 101 Å². The van der Waals surface area contributed by atoms with Crippen LogP contribution in [0.2, 0.25) is 0 Å². The van der Waals surface area contributed by atoms with Crippen LogP contribution in [0.1, 0.15) is 10.4 Å². The van der Waals surface area contributed by atoms with Gasteiger partial charge in [-0.05, 0) is 18.2 Å². The zero-order valence-corrected chi connectivity index (χ0v) is 8.99. The number of hydrogen-bond acceptors (Lipinski definition) is 2. The van der Waals surface area contributed by atoms with Crippen LogP contribution in [0.5, 0.6) is 5.75 Å². The summed E-state index contributed by atoms with van der Waals surface area (Å²) in [6.07, 6.45) is 0. The van der Waals surface area contributed by atoms with Crippen LogP contribution in [-0.2, 0) is 0 Å². The number of hydrogen-bond donors (Lipinski definition) is 0. The van der Waals surface area contributed by atoms with Gasteiger partial charge in [-0.2, -0.15) is 0 Å². The SMILES string of the molecule is O=C(Oc1cc(F)cc(F)c1)c1cccc(F)c1. The molecular formula is C13H7F3O2. The summed E-state index contributed by atoms with van der Waals surface area (Å²) in [5.41, 5.74) is -0.0420. The van der Waals surface area contributed by atoms with Crippen molar-refractivity contribution in [3.63, 3.8) is 0 Å². The predicted molar refractivity (Wildman–Crippen MR) is 57.7 cm³/mol. The van der Waals surface area contributed by atoms with Crippen molar-refractivity contribution in [3.05, 3.63) is 65.5 Å². The van der Waals surface area contributed by atoms with E-state index in [1.54, 1.807) is 0 Å². The van der Waals surface area contributed by atoms with E-state index in [0.717, 1.165) is 18.2 Å². The molecule has 0 saturated heterocycles. The van der Waals surface area contributed by atoms with Crippen molar-refractivity contribution in [3.8, 4) is 5.75 Å². The number of rotatable bonds is 2. The first kappa shape index (κ1) is 12.2. The molecule has 5 heteroatoms. The second-order valence-corrected chi connectivity index (χ2v) is 3.51. The normalized spacial score (nSPS) is 10.2. The molecule has 0 unspecified atom stereocenters. The minimum atomic E-state index is -0.889. The molecule has 0 heterocycles. The molecule has 0 aliphatic carbocycles. The number of carbonyl (C=O) groups is 1. The minimum absolute atomic E-state index is 0.0420. The summed E-state index contributed by atoms with van der Waals surface area (Å²) >= 11 is 0. The van der Waals surface area contributed by atoms with Crippen LogP contribution in [0, 0.1) is 17.5 Å². The van der Waals surface area contributed by atoms with Gasteiger partial charge in [-0.15, -0.1) is 0 Å². The molecule has 92 valence electrons. The van der Waals surface area contributed by atoms with Gasteiger partial charge in [0.1, 0.15) is 23.2 Å². The molecule has 0 atom stereocenters. The summed E-state index contributed by atoms with van der Waals surface area (Å²) < 4.78 is 43.3. The van der Waals surface area contributed by atoms with E-state index in [1.165, 1.54) is 18.2 Å². The monoisotopic (exact) mass is 252 g/mol. The summed E-state index contributed by atoms with van der Waals surface area (Å²) in [6.45, 7) is 0. The third-order valence-electron chi connectivity index (χ3n) is 2.11. The lowest BCUT2D eigenvalue weighted by molar-refractivity contribution is 0.0733. The van der Waals surface area contributed by atoms with Crippen LogP contribution in [0.3, 0.4) is 0 Å². The van der Waals surface area contributed by atoms with Crippen LogP contribution in [-0.4, -0.2) is 5.97 Å². The molecule has 0 spiro atoms. The highest BCUT2D eigenvalue weighted by Gasteiger charge is 2.11. The largest absolute Gasteiger partial charge is 0.423 e. The fourth-order valence-electron chi connectivity index (χ4n) is 1.37. The molecule has 0 aliphatic heterocycles.